The van der Waals surface area contributed by atoms with Gasteiger partial charge in [-0.15, -0.1) is 6.58 Å². The van der Waals surface area contributed by atoms with Crippen molar-refractivity contribution in [1.82, 2.24) is 4.31 Å². The number of sulfonamides is 1. The van der Waals surface area contributed by atoms with Gasteiger partial charge in [0.15, 0.2) is 0 Å². The van der Waals surface area contributed by atoms with Crippen LogP contribution in [-0.4, -0.2) is 24.8 Å². The zero-order valence-corrected chi connectivity index (χ0v) is 13.5. The van der Waals surface area contributed by atoms with Gasteiger partial charge < -0.3 is 0 Å². The highest BCUT2D eigenvalue weighted by molar-refractivity contribution is 7.89. The summed E-state index contributed by atoms with van der Waals surface area (Å²) in [4.78, 5) is 0.345. The second-order valence-corrected chi connectivity index (χ2v) is 7.80. The maximum Gasteiger partial charge on any atom is 0.244 e. The van der Waals surface area contributed by atoms with E-state index in [-0.39, 0.29) is 6.54 Å². The Labute approximate surface area is 126 Å². The van der Waals surface area contributed by atoms with Gasteiger partial charge in [0, 0.05) is 17.5 Å². The smallest absolute Gasteiger partial charge is 0.207 e. The third-order valence-corrected chi connectivity index (χ3v) is 5.55. The highest BCUT2D eigenvalue weighted by Crippen LogP contribution is 2.29. The van der Waals surface area contributed by atoms with Crippen LogP contribution >= 0.6 is 0 Å². The van der Waals surface area contributed by atoms with Gasteiger partial charge in [-0.05, 0) is 32.2 Å². The molecule has 0 aromatic heterocycles. The number of benzene rings is 2. The van der Waals surface area contributed by atoms with Crippen molar-refractivity contribution in [3.63, 3.8) is 0 Å². The van der Waals surface area contributed by atoms with Crippen LogP contribution in [0.2, 0.25) is 0 Å². The summed E-state index contributed by atoms with van der Waals surface area (Å²) in [6, 6.07) is 12.9. The van der Waals surface area contributed by atoms with E-state index < -0.39 is 15.6 Å². The normalized spacial score (nSPS) is 12.8. The number of fused-ring (bicyclic) bond motifs is 1. The molecule has 0 aliphatic rings. The van der Waals surface area contributed by atoms with Gasteiger partial charge in [0.05, 0.1) is 4.90 Å². The van der Waals surface area contributed by atoms with Gasteiger partial charge in [-0.2, -0.15) is 4.31 Å². The molecule has 0 saturated heterocycles. The van der Waals surface area contributed by atoms with Crippen molar-refractivity contribution in [2.75, 3.05) is 6.54 Å². The maximum absolute atomic E-state index is 13.1. The van der Waals surface area contributed by atoms with Crippen LogP contribution in [0, 0.1) is 0 Å². The first kappa shape index (κ1) is 15.7. The lowest BCUT2D eigenvalue weighted by molar-refractivity contribution is 0.270. The van der Waals surface area contributed by atoms with Crippen molar-refractivity contribution in [2.24, 2.45) is 0 Å². The van der Waals surface area contributed by atoms with Crippen LogP contribution in [-0.2, 0) is 10.0 Å². The molecule has 0 amide bonds. The van der Waals surface area contributed by atoms with Crippen molar-refractivity contribution < 1.29 is 8.42 Å². The second kappa shape index (κ2) is 5.62. The Morgan fingerprint density at radius 1 is 1.10 bits per heavy atom. The molecule has 0 bridgehead atoms. The number of nitrogens with zero attached hydrogens (tertiary/aromatic N) is 1. The minimum Gasteiger partial charge on any atom is -0.207 e. The fourth-order valence-corrected chi connectivity index (χ4v) is 4.36. The molecule has 112 valence electrons. The van der Waals surface area contributed by atoms with Crippen LogP contribution in [0.3, 0.4) is 0 Å². The fraction of sp³-hybridized carbons (Fsp3) is 0.294. The van der Waals surface area contributed by atoms with E-state index in [1.165, 1.54) is 4.31 Å². The fourth-order valence-electron chi connectivity index (χ4n) is 2.39. The van der Waals surface area contributed by atoms with Crippen LogP contribution in [0.1, 0.15) is 20.8 Å². The molecule has 2 aromatic rings. The van der Waals surface area contributed by atoms with Crippen LogP contribution < -0.4 is 0 Å². The van der Waals surface area contributed by atoms with Crippen molar-refractivity contribution in [2.45, 2.75) is 31.2 Å². The summed E-state index contributed by atoms with van der Waals surface area (Å²) in [6.45, 7) is 9.63. The average Bonchev–Trinajstić information content (AvgIpc) is 2.42. The topological polar surface area (TPSA) is 37.4 Å². The van der Waals surface area contributed by atoms with Gasteiger partial charge in [-0.25, -0.2) is 8.42 Å². The molecule has 21 heavy (non-hydrogen) atoms. The molecular formula is C17H21NO2S. The maximum atomic E-state index is 13.1. The standard InChI is InChI=1S/C17H21NO2S/c1-5-13-18(17(2,3)4)21(19,20)16-12-8-10-14-9-6-7-11-15(14)16/h5-12H,1,13H2,2-4H3. The van der Waals surface area contributed by atoms with Gasteiger partial charge in [0.25, 0.3) is 0 Å². The predicted octanol–water partition coefficient (Wildman–Crippen LogP) is 3.82. The van der Waals surface area contributed by atoms with E-state index in [1.807, 2.05) is 51.1 Å². The summed E-state index contributed by atoms with van der Waals surface area (Å²) in [5, 5.41) is 1.67. The molecule has 0 spiro atoms. The first-order valence-corrected chi connectivity index (χ1v) is 8.34. The quantitative estimate of drug-likeness (QED) is 0.805. The van der Waals surface area contributed by atoms with E-state index in [0.29, 0.717) is 4.90 Å². The third kappa shape index (κ3) is 3.01. The molecule has 0 unspecified atom stereocenters. The minimum absolute atomic E-state index is 0.287. The number of hydrogen-bond acceptors (Lipinski definition) is 2. The van der Waals surface area contributed by atoms with Crippen LogP contribution in [0.15, 0.2) is 60.0 Å². The predicted molar refractivity (Wildman–Crippen MR) is 87.8 cm³/mol. The molecule has 0 fully saturated rings. The zero-order chi connectivity index (χ0) is 15.7. The first-order chi connectivity index (χ1) is 9.78. The number of hydrogen-bond donors (Lipinski definition) is 0. The molecule has 2 rings (SSSR count). The highest BCUT2D eigenvalue weighted by atomic mass is 32.2. The SMILES string of the molecule is C=CCN(C(C)(C)C)S(=O)(=O)c1cccc2ccccc12. The summed E-state index contributed by atoms with van der Waals surface area (Å²) in [6.07, 6.45) is 1.62. The Morgan fingerprint density at radius 2 is 1.71 bits per heavy atom. The molecule has 0 atom stereocenters. The van der Waals surface area contributed by atoms with Gasteiger partial charge in [-0.1, -0.05) is 42.5 Å². The van der Waals surface area contributed by atoms with Crippen LogP contribution in [0.4, 0.5) is 0 Å². The van der Waals surface area contributed by atoms with E-state index in [2.05, 4.69) is 6.58 Å². The molecule has 0 N–H and O–H groups in total. The minimum atomic E-state index is -3.59. The van der Waals surface area contributed by atoms with Gasteiger partial charge in [-0.3, -0.25) is 0 Å². The molecular weight excluding hydrogens is 282 g/mol. The second-order valence-electron chi connectivity index (χ2n) is 5.97. The first-order valence-electron chi connectivity index (χ1n) is 6.90. The zero-order valence-electron chi connectivity index (χ0n) is 12.7. The number of rotatable bonds is 4. The van der Waals surface area contributed by atoms with E-state index in [4.69, 9.17) is 0 Å². The van der Waals surface area contributed by atoms with Gasteiger partial charge in [0.1, 0.15) is 0 Å². The summed E-state index contributed by atoms with van der Waals surface area (Å²) >= 11 is 0. The lowest BCUT2D eigenvalue weighted by Gasteiger charge is -2.34. The Morgan fingerprint density at radius 3 is 2.33 bits per heavy atom. The van der Waals surface area contributed by atoms with E-state index in [9.17, 15) is 8.42 Å². The molecule has 0 heterocycles. The van der Waals surface area contributed by atoms with Crippen LogP contribution in [0.5, 0.6) is 0 Å². The van der Waals surface area contributed by atoms with Gasteiger partial charge in [0.2, 0.25) is 10.0 Å². The Balaban J connectivity index is 2.68. The van der Waals surface area contributed by atoms with E-state index in [0.717, 1.165) is 10.8 Å². The molecule has 2 aromatic carbocycles. The van der Waals surface area contributed by atoms with Crippen LogP contribution in [0.25, 0.3) is 10.8 Å². The van der Waals surface area contributed by atoms with Crippen molar-refractivity contribution >= 4 is 20.8 Å². The van der Waals surface area contributed by atoms with Gasteiger partial charge >= 0.3 is 0 Å². The Kier molecular flexibility index (Phi) is 4.21. The lowest BCUT2D eigenvalue weighted by Crippen LogP contribution is -2.45. The lowest BCUT2D eigenvalue weighted by atomic mass is 10.1. The van der Waals surface area contributed by atoms with E-state index >= 15 is 0 Å². The summed E-state index contributed by atoms with van der Waals surface area (Å²) < 4.78 is 27.6. The Hall–Kier alpha value is -1.65. The van der Waals surface area contributed by atoms with Crippen molar-refractivity contribution in [1.29, 1.82) is 0 Å². The summed E-state index contributed by atoms with van der Waals surface area (Å²) in [5.74, 6) is 0. The molecule has 0 saturated carbocycles. The molecule has 4 heteroatoms. The average molecular weight is 303 g/mol. The highest BCUT2D eigenvalue weighted by Gasteiger charge is 2.33. The largest absolute Gasteiger partial charge is 0.244 e. The molecule has 0 aliphatic carbocycles. The molecule has 0 radical (unpaired) electrons. The summed E-state index contributed by atoms with van der Waals surface area (Å²) in [5.41, 5.74) is -0.510. The monoisotopic (exact) mass is 303 g/mol. The van der Waals surface area contributed by atoms with Crippen molar-refractivity contribution in [3.05, 3.63) is 55.1 Å². The summed E-state index contributed by atoms with van der Waals surface area (Å²) in [7, 11) is -3.59. The molecule has 3 nitrogen and oxygen atoms in total. The third-order valence-electron chi connectivity index (χ3n) is 3.36. The van der Waals surface area contributed by atoms with Crippen molar-refractivity contribution in [3.8, 4) is 0 Å². The Bertz CT molecular complexity index is 752. The van der Waals surface area contributed by atoms with E-state index in [1.54, 1.807) is 18.2 Å². The molecule has 0 aliphatic heterocycles.